The summed E-state index contributed by atoms with van der Waals surface area (Å²) in [4.78, 5) is 4.97. The van der Waals surface area contributed by atoms with Gasteiger partial charge in [0, 0.05) is 25.2 Å². The van der Waals surface area contributed by atoms with Gasteiger partial charge in [-0.1, -0.05) is 20.3 Å². The van der Waals surface area contributed by atoms with Crippen LogP contribution in [0.15, 0.2) is 0 Å². The molecule has 0 radical (unpaired) electrons. The first kappa shape index (κ1) is 14.8. The second kappa shape index (κ2) is 6.24. The van der Waals surface area contributed by atoms with E-state index in [1.54, 1.807) is 0 Å². The van der Waals surface area contributed by atoms with Gasteiger partial charge < -0.3 is 4.90 Å². The molecule has 1 heterocycles. The Bertz CT molecular complexity index is 333. The summed E-state index contributed by atoms with van der Waals surface area (Å²) in [5.74, 6) is 1.82. The fraction of sp³-hybridized carbons (Fsp3) is 0.938. The fourth-order valence-electron chi connectivity index (χ4n) is 4.09. The highest BCUT2D eigenvalue weighted by molar-refractivity contribution is 5.01. The van der Waals surface area contributed by atoms with Gasteiger partial charge in [-0.3, -0.25) is 4.90 Å². The Morgan fingerprint density at radius 3 is 2.53 bits per heavy atom. The maximum Gasteiger partial charge on any atom is 0.0672 e. The highest BCUT2D eigenvalue weighted by Gasteiger charge is 2.40. The van der Waals surface area contributed by atoms with Crippen molar-refractivity contribution >= 4 is 0 Å². The predicted molar refractivity (Wildman–Crippen MR) is 78.7 cm³/mol. The zero-order valence-electron chi connectivity index (χ0n) is 13.0. The zero-order chi connectivity index (χ0) is 14.0. The molecule has 3 heteroatoms. The summed E-state index contributed by atoms with van der Waals surface area (Å²) in [5, 5.41) is 9.43. The summed E-state index contributed by atoms with van der Waals surface area (Å²) in [6.07, 6.45) is 4.87. The van der Waals surface area contributed by atoms with Gasteiger partial charge in [-0.2, -0.15) is 5.26 Å². The van der Waals surface area contributed by atoms with Crippen molar-refractivity contribution in [3.8, 4) is 6.07 Å². The van der Waals surface area contributed by atoms with Crippen LogP contribution >= 0.6 is 0 Å². The first-order valence-corrected chi connectivity index (χ1v) is 7.86. The van der Waals surface area contributed by atoms with Gasteiger partial charge in [0.05, 0.1) is 12.0 Å². The van der Waals surface area contributed by atoms with E-state index in [9.17, 15) is 5.26 Å². The van der Waals surface area contributed by atoms with E-state index in [1.165, 1.54) is 25.8 Å². The van der Waals surface area contributed by atoms with E-state index in [4.69, 9.17) is 0 Å². The van der Waals surface area contributed by atoms with Crippen molar-refractivity contribution in [3.05, 3.63) is 0 Å². The maximum absolute atomic E-state index is 9.43. The second-order valence-corrected chi connectivity index (χ2v) is 6.85. The van der Waals surface area contributed by atoms with Crippen LogP contribution in [-0.4, -0.2) is 49.1 Å². The van der Waals surface area contributed by atoms with Crippen LogP contribution in [0.4, 0.5) is 0 Å². The molecule has 5 atom stereocenters. The lowest BCUT2D eigenvalue weighted by Gasteiger charge is -2.38. The van der Waals surface area contributed by atoms with Gasteiger partial charge in [0.2, 0.25) is 0 Å². The van der Waals surface area contributed by atoms with E-state index in [0.29, 0.717) is 12.1 Å². The molecule has 1 aliphatic heterocycles. The number of nitrogens with zero attached hydrogens (tertiary/aromatic N) is 3. The largest absolute Gasteiger partial charge is 0.305 e. The monoisotopic (exact) mass is 263 g/mol. The van der Waals surface area contributed by atoms with E-state index in [2.05, 4.69) is 43.8 Å². The van der Waals surface area contributed by atoms with Crippen molar-refractivity contribution in [2.75, 3.05) is 27.2 Å². The summed E-state index contributed by atoms with van der Waals surface area (Å²) in [7, 11) is 4.37. The van der Waals surface area contributed by atoms with Crippen molar-refractivity contribution < 1.29 is 0 Å². The zero-order valence-corrected chi connectivity index (χ0v) is 13.0. The van der Waals surface area contributed by atoms with Crippen molar-refractivity contribution in [2.24, 2.45) is 17.8 Å². The minimum atomic E-state index is 0.260. The Hall–Kier alpha value is -0.590. The molecule has 1 aliphatic carbocycles. The molecule has 0 aromatic heterocycles. The second-order valence-electron chi connectivity index (χ2n) is 6.85. The third-order valence-corrected chi connectivity index (χ3v) is 5.40. The molecule has 108 valence electrons. The average Bonchev–Trinajstić information content (AvgIpc) is 2.80. The van der Waals surface area contributed by atoms with Crippen LogP contribution in [0.2, 0.25) is 0 Å². The minimum absolute atomic E-state index is 0.260. The standard InChI is InChI=1S/C16H29N3/c1-5-13-6-7-14(9-17)15(8-13)19-10-12(2)16(11-19)18(3)4/h12-16H,5-8,10-11H2,1-4H3. The SMILES string of the molecule is CCC1CCC(C#N)C(N2CC(C)C(N(C)C)C2)C1. The Labute approximate surface area is 118 Å². The number of hydrogen-bond donors (Lipinski definition) is 0. The molecule has 0 aromatic rings. The molecule has 1 saturated carbocycles. The number of rotatable bonds is 3. The molecule has 2 aliphatic rings. The quantitative estimate of drug-likeness (QED) is 0.784. The Kier molecular flexibility index (Phi) is 4.86. The Balaban J connectivity index is 2.05. The molecule has 19 heavy (non-hydrogen) atoms. The summed E-state index contributed by atoms with van der Waals surface area (Å²) in [6, 6.07) is 3.74. The van der Waals surface area contributed by atoms with Crippen LogP contribution in [0.5, 0.6) is 0 Å². The summed E-state index contributed by atoms with van der Waals surface area (Å²) < 4.78 is 0. The van der Waals surface area contributed by atoms with Crippen LogP contribution in [0.3, 0.4) is 0 Å². The van der Waals surface area contributed by atoms with E-state index in [-0.39, 0.29) is 5.92 Å². The molecule has 1 saturated heterocycles. The van der Waals surface area contributed by atoms with Crippen molar-refractivity contribution in [1.29, 1.82) is 5.26 Å². The van der Waals surface area contributed by atoms with Crippen LogP contribution in [0.1, 0.15) is 39.5 Å². The lowest BCUT2D eigenvalue weighted by atomic mass is 9.77. The number of hydrogen-bond acceptors (Lipinski definition) is 3. The fourth-order valence-corrected chi connectivity index (χ4v) is 4.09. The lowest BCUT2D eigenvalue weighted by Crippen LogP contribution is -2.44. The van der Waals surface area contributed by atoms with Crippen LogP contribution in [-0.2, 0) is 0 Å². The van der Waals surface area contributed by atoms with Crippen LogP contribution in [0.25, 0.3) is 0 Å². The van der Waals surface area contributed by atoms with Gasteiger partial charge in [0.15, 0.2) is 0 Å². The van der Waals surface area contributed by atoms with Gasteiger partial charge in [0.25, 0.3) is 0 Å². The third kappa shape index (κ3) is 3.12. The smallest absolute Gasteiger partial charge is 0.0672 e. The first-order chi connectivity index (χ1) is 9.06. The summed E-state index contributed by atoms with van der Waals surface area (Å²) in [5.41, 5.74) is 0. The van der Waals surface area contributed by atoms with Crippen LogP contribution < -0.4 is 0 Å². The molecule has 0 bridgehead atoms. The first-order valence-electron chi connectivity index (χ1n) is 7.86. The molecule has 5 unspecified atom stereocenters. The Morgan fingerprint density at radius 2 is 2.00 bits per heavy atom. The van der Waals surface area contributed by atoms with E-state index >= 15 is 0 Å². The van der Waals surface area contributed by atoms with Crippen molar-refractivity contribution in [1.82, 2.24) is 9.80 Å². The Morgan fingerprint density at radius 1 is 1.26 bits per heavy atom. The van der Waals surface area contributed by atoms with Crippen LogP contribution in [0, 0.1) is 29.1 Å². The lowest BCUT2D eigenvalue weighted by molar-refractivity contribution is 0.114. The predicted octanol–water partition coefficient (Wildman–Crippen LogP) is 2.59. The van der Waals surface area contributed by atoms with Gasteiger partial charge in [-0.25, -0.2) is 0 Å². The van der Waals surface area contributed by atoms with Gasteiger partial charge in [0.1, 0.15) is 0 Å². The molecule has 2 fully saturated rings. The summed E-state index contributed by atoms with van der Waals surface area (Å²) in [6.45, 7) is 6.96. The molecular weight excluding hydrogens is 234 g/mol. The molecule has 3 nitrogen and oxygen atoms in total. The minimum Gasteiger partial charge on any atom is -0.305 e. The third-order valence-electron chi connectivity index (χ3n) is 5.40. The highest BCUT2D eigenvalue weighted by atomic mass is 15.3. The maximum atomic E-state index is 9.43. The molecule has 0 aromatic carbocycles. The average molecular weight is 263 g/mol. The normalized spacial score (nSPS) is 40.5. The van der Waals surface area contributed by atoms with E-state index < -0.39 is 0 Å². The summed E-state index contributed by atoms with van der Waals surface area (Å²) >= 11 is 0. The van der Waals surface area contributed by atoms with Gasteiger partial charge in [-0.15, -0.1) is 0 Å². The van der Waals surface area contributed by atoms with E-state index in [1.807, 2.05) is 0 Å². The molecule has 0 N–H and O–H groups in total. The molecular formula is C16H29N3. The van der Waals surface area contributed by atoms with Crippen molar-refractivity contribution in [2.45, 2.75) is 51.6 Å². The number of likely N-dealkylation sites (N-methyl/N-ethyl adjacent to an activating group) is 1. The van der Waals surface area contributed by atoms with Gasteiger partial charge in [-0.05, 0) is 45.2 Å². The molecule has 0 spiro atoms. The van der Waals surface area contributed by atoms with Gasteiger partial charge >= 0.3 is 0 Å². The van der Waals surface area contributed by atoms with Crippen molar-refractivity contribution in [3.63, 3.8) is 0 Å². The highest BCUT2D eigenvalue weighted by Crippen LogP contribution is 2.36. The van der Waals surface area contributed by atoms with E-state index in [0.717, 1.165) is 24.8 Å². The number of nitriles is 1. The number of likely N-dealkylation sites (tertiary alicyclic amines) is 1. The molecule has 2 rings (SSSR count). The molecule has 0 amide bonds. The topological polar surface area (TPSA) is 30.3 Å².